The molecule has 0 aliphatic carbocycles. The summed E-state index contributed by atoms with van der Waals surface area (Å²) in [5.41, 5.74) is 1.91. The van der Waals surface area contributed by atoms with Crippen molar-refractivity contribution in [2.45, 2.75) is 31.0 Å². The second kappa shape index (κ2) is 8.05. The van der Waals surface area contributed by atoms with Crippen LogP contribution in [-0.2, 0) is 0 Å². The van der Waals surface area contributed by atoms with Gasteiger partial charge in [0.15, 0.2) is 5.16 Å². The lowest BCUT2D eigenvalue weighted by atomic mass is 9.99. The molecule has 24 heavy (non-hydrogen) atoms. The summed E-state index contributed by atoms with van der Waals surface area (Å²) < 4.78 is 1.54. The average molecular weight is 347 g/mol. The third kappa shape index (κ3) is 4.53. The van der Waals surface area contributed by atoms with E-state index in [-0.39, 0.29) is 6.10 Å². The highest BCUT2D eigenvalue weighted by molar-refractivity contribution is 7.99. The van der Waals surface area contributed by atoms with E-state index >= 15 is 0 Å². The molecule has 1 aromatic heterocycles. The number of nitrogen functional groups attached to an aromatic ring is 1. The lowest BCUT2D eigenvalue weighted by Crippen LogP contribution is -2.39. The number of β-amino-alcohol motifs (C(OH)–C–C–N with tert-alkyl or cyclic N) is 1. The quantitative estimate of drug-likeness (QED) is 0.621. The average Bonchev–Trinajstić information content (AvgIpc) is 2.97. The summed E-state index contributed by atoms with van der Waals surface area (Å²) in [7, 11) is 0. The van der Waals surface area contributed by atoms with Gasteiger partial charge in [-0.15, -0.1) is 0 Å². The Balaban J connectivity index is 1.52. The fourth-order valence-electron chi connectivity index (χ4n) is 3.00. The van der Waals surface area contributed by atoms with Crippen LogP contribution in [0.5, 0.6) is 0 Å². The van der Waals surface area contributed by atoms with Gasteiger partial charge in [-0.1, -0.05) is 49.0 Å². The molecule has 1 fully saturated rings. The second-order valence-electron chi connectivity index (χ2n) is 6.63. The van der Waals surface area contributed by atoms with Crippen molar-refractivity contribution in [2.24, 2.45) is 5.92 Å². The Hall–Kier alpha value is -1.50. The summed E-state index contributed by atoms with van der Waals surface area (Å²) in [5, 5.41) is 11.0. The molecule has 5 nitrogen and oxygen atoms in total. The number of hydrogen-bond acceptors (Lipinski definition) is 5. The van der Waals surface area contributed by atoms with Crippen molar-refractivity contribution >= 4 is 11.8 Å². The second-order valence-corrected chi connectivity index (χ2v) is 7.62. The molecule has 2 aromatic rings. The highest BCUT2D eigenvalue weighted by atomic mass is 32.2. The van der Waals surface area contributed by atoms with Gasteiger partial charge in [0.25, 0.3) is 0 Å². The molecule has 0 spiro atoms. The number of nitrogens with zero attached hydrogens (tertiary/aromatic N) is 3. The van der Waals surface area contributed by atoms with E-state index in [9.17, 15) is 5.11 Å². The van der Waals surface area contributed by atoms with E-state index in [0.717, 1.165) is 42.0 Å². The minimum atomic E-state index is -0.361. The topological polar surface area (TPSA) is 67.3 Å². The highest BCUT2D eigenvalue weighted by Gasteiger charge is 2.19. The lowest BCUT2D eigenvalue weighted by Gasteiger charge is -2.31. The van der Waals surface area contributed by atoms with Crippen molar-refractivity contribution in [1.82, 2.24) is 14.6 Å². The van der Waals surface area contributed by atoms with Crippen molar-refractivity contribution < 1.29 is 5.11 Å². The van der Waals surface area contributed by atoms with Crippen LogP contribution in [-0.4, -0.2) is 51.2 Å². The third-order valence-electron chi connectivity index (χ3n) is 4.52. The Bertz CT molecular complexity index is 638. The summed E-state index contributed by atoms with van der Waals surface area (Å²) in [5.74, 6) is 7.43. The Morgan fingerprint density at radius 2 is 2.00 bits per heavy atom. The number of aromatic nitrogens is 2. The van der Waals surface area contributed by atoms with E-state index in [1.54, 1.807) is 4.68 Å². The van der Waals surface area contributed by atoms with Crippen LogP contribution < -0.4 is 5.84 Å². The van der Waals surface area contributed by atoms with Crippen LogP contribution in [0, 0.1) is 5.92 Å². The summed E-state index contributed by atoms with van der Waals surface area (Å²) in [4.78, 5) is 6.94. The van der Waals surface area contributed by atoms with Crippen molar-refractivity contribution in [3.8, 4) is 11.3 Å². The number of rotatable bonds is 6. The van der Waals surface area contributed by atoms with Gasteiger partial charge in [0.05, 0.1) is 18.0 Å². The first-order chi connectivity index (χ1) is 11.6. The molecule has 0 saturated carbocycles. The number of likely N-dealkylation sites (tertiary alicyclic amines) is 1. The fraction of sp³-hybridized carbons (Fsp3) is 0.500. The van der Waals surface area contributed by atoms with Crippen molar-refractivity contribution in [2.75, 3.05) is 31.2 Å². The predicted octanol–water partition coefficient (Wildman–Crippen LogP) is 2.45. The monoisotopic (exact) mass is 346 g/mol. The largest absolute Gasteiger partial charge is 0.391 e. The minimum absolute atomic E-state index is 0.361. The van der Waals surface area contributed by atoms with Gasteiger partial charge in [-0.2, -0.15) is 0 Å². The molecule has 130 valence electrons. The summed E-state index contributed by atoms with van der Waals surface area (Å²) >= 11 is 1.51. The summed E-state index contributed by atoms with van der Waals surface area (Å²) in [6.45, 7) is 5.21. The van der Waals surface area contributed by atoms with E-state index in [4.69, 9.17) is 5.84 Å². The molecular formula is C18H26N4OS. The molecule has 2 heterocycles. The van der Waals surface area contributed by atoms with Gasteiger partial charge in [0, 0.05) is 17.9 Å². The number of thioether (sulfide) groups is 1. The number of benzene rings is 1. The van der Waals surface area contributed by atoms with Gasteiger partial charge in [-0.05, 0) is 31.8 Å². The molecule has 0 unspecified atom stereocenters. The van der Waals surface area contributed by atoms with Gasteiger partial charge in [-0.3, -0.25) is 0 Å². The number of aliphatic hydroxyl groups excluding tert-OH is 1. The molecule has 1 atom stereocenters. The molecule has 6 heteroatoms. The predicted molar refractivity (Wildman–Crippen MR) is 99.4 cm³/mol. The van der Waals surface area contributed by atoms with E-state index in [2.05, 4.69) is 16.8 Å². The van der Waals surface area contributed by atoms with Gasteiger partial charge in [0.1, 0.15) is 0 Å². The van der Waals surface area contributed by atoms with Crippen LogP contribution in [0.2, 0.25) is 0 Å². The zero-order valence-electron chi connectivity index (χ0n) is 14.1. The molecule has 3 N–H and O–H groups in total. The van der Waals surface area contributed by atoms with Gasteiger partial charge >= 0.3 is 0 Å². The Morgan fingerprint density at radius 1 is 1.29 bits per heavy atom. The molecule has 1 aliphatic rings. The first-order valence-electron chi connectivity index (χ1n) is 8.55. The van der Waals surface area contributed by atoms with Crippen molar-refractivity contribution in [1.29, 1.82) is 0 Å². The minimum Gasteiger partial charge on any atom is -0.391 e. The van der Waals surface area contributed by atoms with Gasteiger partial charge < -0.3 is 15.8 Å². The van der Waals surface area contributed by atoms with Crippen molar-refractivity contribution in [3.63, 3.8) is 0 Å². The Labute approximate surface area is 147 Å². The number of piperidine rings is 1. The molecule has 1 aliphatic heterocycles. The van der Waals surface area contributed by atoms with E-state index in [0.29, 0.717) is 5.75 Å². The van der Waals surface area contributed by atoms with Crippen LogP contribution in [0.4, 0.5) is 0 Å². The molecule has 1 saturated heterocycles. The third-order valence-corrected chi connectivity index (χ3v) is 5.63. The number of nitrogens with two attached hydrogens (primary N) is 1. The summed E-state index contributed by atoms with van der Waals surface area (Å²) in [6, 6.07) is 9.99. The van der Waals surface area contributed by atoms with Crippen LogP contribution in [0.3, 0.4) is 0 Å². The first kappa shape index (κ1) is 17.3. The SMILES string of the molecule is CC1CCN(C[C@H](O)CSc2nc(-c3ccccc3)cn2N)CC1. The maximum atomic E-state index is 10.3. The summed E-state index contributed by atoms with van der Waals surface area (Å²) in [6.07, 6.45) is 3.93. The van der Waals surface area contributed by atoms with Crippen LogP contribution in [0.15, 0.2) is 41.7 Å². The lowest BCUT2D eigenvalue weighted by molar-refractivity contribution is 0.105. The molecular weight excluding hydrogens is 320 g/mol. The number of imidazole rings is 1. The van der Waals surface area contributed by atoms with Crippen LogP contribution >= 0.6 is 11.8 Å². The van der Waals surface area contributed by atoms with E-state index < -0.39 is 0 Å². The molecule has 0 amide bonds. The van der Waals surface area contributed by atoms with Gasteiger partial charge in [-0.25, -0.2) is 9.66 Å². The molecule has 3 rings (SSSR count). The fourth-order valence-corrected chi connectivity index (χ4v) is 3.81. The number of hydrogen-bond donors (Lipinski definition) is 2. The maximum absolute atomic E-state index is 10.3. The van der Waals surface area contributed by atoms with Crippen molar-refractivity contribution in [3.05, 3.63) is 36.5 Å². The molecule has 0 bridgehead atoms. The van der Waals surface area contributed by atoms with Crippen LogP contribution in [0.1, 0.15) is 19.8 Å². The standard InChI is InChI=1S/C18H26N4OS/c1-14-7-9-21(10-8-14)11-16(23)13-24-18-20-17(12-22(18)19)15-5-3-2-4-6-15/h2-6,12,14,16,23H,7-11,13,19H2,1H3/t16-/m0/s1. The van der Waals surface area contributed by atoms with E-state index in [1.165, 1.54) is 24.6 Å². The zero-order valence-corrected chi connectivity index (χ0v) is 15.0. The maximum Gasteiger partial charge on any atom is 0.187 e. The zero-order chi connectivity index (χ0) is 16.9. The molecule has 0 radical (unpaired) electrons. The Kier molecular flexibility index (Phi) is 5.81. The van der Waals surface area contributed by atoms with E-state index in [1.807, 2.05) is 36.5 Å². The number of aliphatic hydroxyl groups is 1. The van der Waals surface area contributed by atoms with Gasteiger partial charge in [0.2, 0.25) is 0 Å². The molecule has 1 aromatic carbocycles. The van der Waals surface area contributed by atoms with Crippen LogP contribution in [0.25, 0.3) is 11.3 Å². The smallest absolute Gasteiger partial charge is 0.187 e. The normalized spacial score (nSPS) is 17.9. The Morgan fingerprint density at radius 3 is 2.71 bits per heavy atom. The highest BCUT2D eigenvalue weighted by Crippen LogP contribution is 2.23. The first-order valence-corrected chi connectivity index (χ1v) is 9.53.